The molecule has 0 bridgehead atoms. The van der Waals surface area contributed by atoms with Crippen molar-refractivity contribution in [2.45, 2.75) is 25.3 Å². The molecule has 1 aromatic carbocycles. The van der Waals surface area contributed by atoms with Gasteiger partial charge in [-0.2, -0.15) is 0 Å². The minimum Gasteiger partial charge on any atom is -0.341 e. The second-order valence-corrected chi connectivity index (χ2v) is 8.46. The Morgan fingerprint density at radius 2 is 1.96 bits per heavy atom. The maximum Gasteiger partial charge on any atom is 0.233 e. The number of hydrogen-bond donors (Lipinski definition) is 1. The number of amides is 1. The summed E-state index contributed by atoms with van der Waals surface area (Å²) in [6.45, 7) is 6.17. The molecule has 1 fully saturated rings. The monoisotopic (exact) mass is 380 g/mol. The molecule has 0 spiro atoms. The van der Waals surface area contributed by atoms with Crippen molar-refractivity contribution in [2.24, 2.45) is 11.8 Å². The predicted octanol–water partition coefficient (Wildman–Crippen LogP) is 4.22. The van der Waals surface area contributed by atoms with Crippen LogP contribution < -0.4 is 0 Å². The van der Waals surface area contributed by atoms with E-state index in [1.54, 1.807) is 6.20 Å². The van der Waals surface area contributed by atoms with Crippen molar-refractivity contribution in [2.75, 3.05) is 18.8 Å². The van der Waals surface area contributed by atoms with Gasteiger partial charge in [-0.15, -0.1) is 0 Å². The van der Waals surface area contributed by atoms with Gasteiger partial charge in [0.15, 0.2) is 0 Å². The van der Waals surface area contributed by atoms with Crippen LogP contribution in [0.2, 0.25) is 0 Å². The van der Waals surface area contributed by atoms with E-state index >= 15 is 0 Å². The first kappa shape index (κ1) is 18.0. The summed E-state index contributed by atoms with van der Waals surface area (Å²) in [7, 11) is 0. The van der Waals surface area contributed by atoms with Gasteiger partial charge in [0.1, 0.15) is 10.9 Å². The number of fused-ring (bicyclic) bond motifs is 1. The molecule has 1 aliphatic rings. The first-order chi connectivity index (χ1) is 13.1. The fourth-order valence-corrected chi connectivity index (χ4v) is 4.75. The van der Waals surface area contributed by atoms with Gasteiger partial charge < -0.3 is 9.88 Å². The largest absolute Gasteiger partial charge is 0.341 e. The number of imidazole rings is 1. The van der Waals surface area contributed by atoms with Gasteiger partial charge in [0.25, 0.3) is 0 Å². The lowest BCUT2D eigenvalue weighted by Crippen LogP contribution is -2.43. The van der Waals surface area contributed by atoms with Gasteiger partial charge in [0, 0.05) is 24.8 Å². The molecule has 3 heterocycles. The number of H-pyrrole nitrogens is 1. The van der Waals surface area contributed by atoms with Crippen LogP contribution in [0.3, 0.4) is 0 Å². The number of nitrogens with zero attached hydrogens (tertiary/aromatic N) is 3. The normalized spacial score (nSPS) is 20.1. The zero-order valence-electron chi connectivity index (χ0n) is 15.7. The molecule has 1 aliphatic heterocycles. The lowest BCUT2D eigenvalue weighted by molar-refractivity contribution is -0.130. The van der Waals surface area contributed by atoms with Gasteiger partial charge in [0.2, 0.25) is 5.91 Å². The van der Waals surface area contributed by atoms with Crippen LogP contribution in [0.15, 0.2) is 47.6 Å². The Labute approximate surface area is 163 Å². The van der Waals surface area contributed by atoms with E-state index in [2.05, 4.69) is 28.8 Å². The van der Waals surface area contributed by atoms with E-state index in [4.69, 9.17) is 0 Å². The van der Waals surface area contributed by atoms with E-state index in [1.165, 1.54) is 18.2 Å². The first-order valence-corrected chi connectivity index (χ1v) is 10.4. The molecular weight excluding hydrogens is 356 g/mol. The smallest absolute Gasteiger partial charge is 0.233 e. The van der Waals surface area contributed by atoms with Gasteiger partial charge >= 0.3 is 0 Å². The molecule has 27 heavy (non-hydrogen) atoms. The second kappa shape index (κ2) is 7.72. The summed E-state index contributed by atoms with van der Waals surface area (Å²) in [5.41, 5.74) is 2.87. The molecular formula is C21H24N4OS. The van der Waals surface area contributed by atoms with E-state index in [-0.39, 0.29) is 5.91 Å². The van der Waals surface area contributed by atoms with Gasteiger partial charge in [-0.1, -0.05) is 37.7 Å². The molecule has 4 rings (SSSR count). The van der Waals surface area contributed by atoms with Crippen molar-refractivity contribution in [3.05, 3.63) is 42.6 Å². The summed E-state index contributed by atoms with van der Waals surface area (Å²) >= 11 is 1.49. The van der Waals surface area contributed by atoms with Crippen molar-refractivity contribution in [3.8, 4) is 11.4 Å². The number of carbonyl (C=O) groups is 1. The zero-order chi connectivity index (χ0) is 18.8. The fraction of sp³-hybridized carbons (Fsp3) is 0.381. The molecule has 0 unspecified atom stereocenters. The molecule has 0 aliphatic carbocycles. The number of pyridine rings is 1. The van der Waals surface area contributed by atoms with E-state index in [0.717, 1.165) is 40.5 Å². The lowest BCUT2D eigenvalue weighted by Gasteiger charge is -2.35. The summed E-state index contributed by atoms with van der Waals surface area (Å²) in [4.78, 5) is 27.3. The topological polar surface area (TPSA) is 61.9 Å². The maximum atomic E-state index is 12.7. The second-order valence-electron chi connectivity index (χ2n) is 7.49. The molecule has 140 valence electrons. The van der Waals surface area contributed by atoms with Gasteiger partial charge in [-0.05, 0) is 42.5 Å². The van der Waals surface area contributed by atoms with Gasteiger partial charge in [-0.3, -0.25) is 4.79 Å². The number of nitrogens with one attached hydrogen (secondary N) is 1. The molecule has 1 N–H and O–H groups in total. The Morgan fingerprint density at radius 3 is 2.74 bits per heavy atom. The summed E-state index contributed by atoms with van der Waals surface area (Å²) in [6.07, 6.45) is 2.97. The molecule has 0 saturated carbocycles. The Balaban J connectivity index is 1.51. The molecule has 2 atom stereocenters. The highest BCUT2D eigenvalue weighted by Gasteiger charge is 2.25. The van der Waals surface area contributed by atoms with Crippen LogP contribution in [0, 0.1) is 11.8 Å². The number of thioether (sulfide) groups is 1. The molecule has 1 amide bonds. The van der Waals surface area contributed by atoms with Gasteiger partial charge in [0.05, 0.1) is 16.8 Å². The molecule has 6 heteroatoms. The Morgan fingerprint density at radius 1 is 1.19 bits per heavy atom. The van der Waals surface area contributed by atoms with Crippen molar-refractivity contribution in [3.63, 3.8) is 0 Å². The van der Waals surface area contributed by atoms with Crippen LogP contribution in [-0.2, 0) is 4.79 Å². The lowest BCUT2D eigenvalue weighted by atomic mass is 9.92. The fourth-order valence-electron chi connectivity index (χ4n) is 3.85. The zero-order valence-corrected chi connectivity index (χ0v) is 16.5. The van der Waals surface area contributed by atoms with Crippen molar-refractivity contribution in [1.29, 1.82) is 0 Å². The number of rotatable bonds is 4. The third-order valence-electron chi connectivity index (χ3n) is 4.97. The predicted molar refractivity (Wildman–Crippen MR) is 110 cm³/mol. The number of aromatic amines is 1. The van der Waals surface area contributed by atoms with Crippen molar-refractivity contribution >= 4 is 28.7 Å². The number of piperidine rings is 1. The molecule has 1 saturated heterocycles. The summed E-state index contributed by atoms with van der Waals surface area (Å²) in [5.74, 6) is 2.54. The quantitative estimate of drug-likeness (QED) is 0.689. The van der Waals surface area contributed by atoms with E-state index in [1.807, 2.05) is 41.3 Å². The van der Waals surface area contributed by atoms with Crippen molar-refractivity contribution in [1.82, 2.24) is 19.9 Å². The molecule has 2 aromatic heterocycles. The number of para-hydroxylation sites is 2. The number of aromatic nitrogens is 3. The number of hydrogen-bond acceptors (Lipinski definition) is 4. The number of likely N-dealkylation sites (tertiary alicyclic amines) is 1. The third kappa shape index (κ3) is 4.00. The maximum absolute atomic E-state index is 12.7. The standard InChI is InChI=1S/C21H24N4OS/c1-14-10-15(2)12-25(11-14)19(26)13-27-21-16(6-5-9-22-21)20-23-17-7-3-4-8-18(17)24-20/h3-9,14-15H,10-13H2,1-2H3,(H,23,24)/t14-,15+. The third-order valence-corrected chi connectivity index (χ3v) is 5.96. The van der Waals surface area contributed by atoms with E-state index in [9.17, 15) is 4.79 Å². The average Bonchev–Trinajstić information content (AvgIpc) is 3.09. The van der Waals surface area contributed by atoms with E-state index in [0.29, 0.717) is 17.6 Å². The minimum absolute atomic E-state index is 0.194. The van der Waals surface area contributed by atoms with E-state index < -0.39 is 0 Å². The highest BCUT2D eigenvalue weighted by atomic mass is 32.2. The van der Waals surface area contributed by atoms with Crippen LogP contribution >= 0.6 is 11.8 Å². The molecule has 5 nitrogen and oxygen atoms in total. The average molecular weight is 381 g/mol. The van der Waals surface area contributed by atoms with Gasteiger partial charge in [-0.25, -0.2) is 9.97 Å². The highest BCUT2D eigenvalue weighted by molar-refractivity contribution is 8.00. The van der Waals surface area contributed by atoms with Crippen LogP contribution in [0.4, 0.5) is 0 Å². The summed E-state index contributed by atoms with van der Waals surface area (Å²) in [5, 5.41) is 0.836. The van der Waals surface area contributed by atoms with Crippen LogP contribution in [0.5, 0.6) is 0 Å². The Hall–Kier alpha value is -2.34. The van der Waals surface area contributed by atoms with Crippen LogP contribution in [0.1, 0.15) is 20.3 Å². The minimum atomic E-state index is 0.194. The molecule has 0 radical (unpaired) electrons. The first-order valence-electron chi connectivity index (χ1n) is 9.41. The summed E-state index contributed by atoms with van der Waals surface area (Å²) < 4.78 is 0. The highest BCUT2D eigenvalue weighted by Crippen LogP contribution is 2.30. The summed E-state index contributed by atoms with van der Waals surface area (Å²) in [6, 6.07) is 11.9. The number of benzene rings is 1. The Bertz CT molecular complexity index is 911. The van der Waals surface area contributed by atoms with Crippen LogP contribution in [0.25, 0.3) is 22.4 Å². The molecule has 3 aromatic rings. The van der Waals surface area contributed by atoms with Crippen LogP contribution in [-0.4, -0.2) is 44.6 Å². The number of carbonyl (C=O) groups excluding carboxylic acids is 1. The Kier molecular flexibility index (Phi) is 5.16. The van der Waals surface area contributed by atoms with Crippen molar-refractivity contribution < 1.29 is 4.79 Å². The SMILES string of the molecule is C[C@@H]1C[C@H](C)CN(C(=O)CSc2ncccc2-c2nc3ccccc3[nH]2)C1.